The fraction of sp³-hybridized carbons (Fsp3) is 0.533. The highest BCUT2D eigenvalue weighted by Crippen LogP contribution is 2.32. The van der Waals surface area contributed by atoms with Gasteiger partial charge < -0.3 is 15.2 Å². The Morgan fingerprint density at radius 2 is 1.96 bits per heavy atom. The molecular weight excluding hydrogens is 365 g/mol. The van der Waals surface area contributed by atoms with Gasteiger partial charge >= 0.3 is 12.1 Å². The van der Waals surface area contributed by atoms with E-state index in [0.29, 0.717) is 25.1 Å². The van der Waals surface area contributed by atoms with Gasteiger partial charge in [-0.25, -0.2) is 9.78 Å². The molecule has 0 radical (unpaired) electrons. The lowest BCUT2D eigenvalue weighted by molar-refractivity contribution is -0.170. The molecule has 138 valence electrons. The Morgan fingerprint density at radius 3 is 2.52 bits per heavy atom. The molecule has 10 heteroatoms. The van der Waals surface area contributed by atoms with Crippen LogP contribution < -0.4 is 5.32 Å². The Kier molecular flexibility index (Phi) is 5.89. The minimum absolute atomic E-state index is 0.264. The molecule has 1 heterocycles. The molecule has 1 aliphatic carbocycles. The van der Waals surface area contributed by atoms with Gasteiger partial charge in [0.1, 0.15) is 0 Å². The van der Waals surface area contributed by atoms with E-state index in [1.807, 2.05) is 0 Å². The van der Waals surface area contributed by atoms with Crippen molar-refractivity contribution in [1.82, 2.24) is 4.98 Å². The number of rotatable bonds is 4. The molecule has 6 nitrogen and oxygen atoms in total. The molecule has 1 aliphatic rings. The van der Waals surface area contributed by atoms with Crippen LogP contribution in [0.25, 0.3) is 0 Å². The van der Waals surface area contributed by atoms with Gasteiger partial charge in [-0.3, -0.25) is 4.79 Å². The fourth-order valence-electron chi connectivity index (χ4n) is 2.46. The molecule has 0 unspecified atom stereocenters. The van der Waals surface area contributed by atoms with Crippen molar-refractivity contribution in [2.24, 2.45) is 0 Å². The maximum Gasteiger partial charge on any atom is 0.417 e. The molecule has 2 rings (SSSR count). The number of aliphatic hydroxyl groups is 1. The molecule has 25 heavy (non-hydrogen) atoms. The van der Waals surface area contributed by atoms with Crippen LogP contribution in [0, 0.1) is 0 Å². The van der Waals surface area contributed by atoms with E-state index in [2.05, 4.69) is 10.3 Å². The van der Waals surface area contributed by atoms with Gasteiger partial charge in [0.15, 0.2) is 18.0 Å². The minimum Gasteiger partial charge on any atom is -0.453 e. The summed E-state index contributed by atoms with van der Waals surface area (Å²) in [5, 5.41) is 11.9. The van der Waals surface area contributed by atoms with Crippen molar-refractivity contribution in [3.05, 3.63) is 22.8 Å². The highest BCUT2D eigenvalue weighted by Gasteiger charge is 2.39. The number of nitrogens with zero attached hydrogens (tertiary/aromatic N) is 1. The van der Waals surface area contributed by atoms with Crippen LogP contribution in [0.15, 0.2) is 12.3 Å². The molecule has 0 bridgehead atoms. The van der Waals surface area contributed by atoms with Crippen molar-refractivity contribution in [1.29, 1.82) is 0 Å². The van der Waals surface area contributed by atoms with Crippen molar-refractivity contribution in [3.63, 3.8) is 0 Å². The van der Waals surface area contributed by atoms with E-state index in [4.69, 9.17) is 16.3 Å². The summed E-state index contributed by atoms with van der Waals surface area (Å²) in [5.41, 5.74) is -2.65. The topological polar surface area (TPSA) is 88.5 Å². The molecule has 1 saturated carbocycles. The van der Waals surface area contributed by atoms with Crippen LogP contribution in [0.3, 0.4) is 0 Å². The third-order valence-corrected chi connectivity index (χ3v) is 4.11. The average Bonchev–Trinajstić information content (AvgIpc) is 2.54. The van der Waals surface area contributed by atoms with Crippen LogP contribution in [0.5, 0.6) is 0 Å². The van der Waals surface area contributed by atoms with Gasteiger partial charge in [-0.2, -0.15) is 13.2 Å². The second-order valence-electron chi connectivity index (χ2n) is 5.77. The second-order valence-corrected chi connectivity index (χ2v) is 6.18. The van der Waals surface area contributed by atoms with Crippen LogP contribution in [0.1, 0.15) is 37.7 Å². The van der Waals surface area contributed by atoms with Crippen LogP contribution >= 0.6 is 11.6 Å². The Bertz CT molecular complexity index is 661. The Morgan fingerprint density at radius 1 is 1.32 bits per heavy atom. The molecule has 1 aromatic rings. The van der Waals surface area contributed by atoms with E-state index in [9.17, 15) is 27.9 Å². The van der Waals surface area contributed by atoms with Crippen molar-refractivity contribution in [3.8, 4) is 0 Å². The van der Waals surface area contributed by atoms with Gasteiger partial charge in [0.05, 0.1) is 10.6 Å². The second kappa shape index (κ2) is 7.57. The van der Waals surface area contributed by atoms with Gasteiger partial charge in [-0.1, -0.05) is 18.0 Å². The van der Waals surface area contributed by atoms with Crippen LogP contribution in [0.4, 0.5) is 19.0 Å². The number of aromatic nitrogens is 1. The van der Waals surface area contributed by atoms with E-state index >= 15 is 0 Å². The zero-order chi connectivity index (χ0) is 18.7. The largest absolute Gasteiger partial charge is 0.453 e. The lowest BCUT2D eigenvalue weighted by Gasteiger charge is -2.29. The number of nitrogens with one attached hydrogen (secondary N) is 1. The first-order valence-electron chi connectivity index (χ1n) is 7.54. The maximum atomic E-state index is 12.5. The number of pyridine rings is 1. The summed E-state index contributed by atoms with van der Waals surface area (Å²) in [6.07, 6.45) is -1.28. The molecule has 0 aliphatic heterocycles. The number of hydrogen-bond donors (Lipinski definition) is 2. The first-order chi connectivity index (χ1) is 11.6. The number of halogens is 4. The summed E-state index contributed by atoms with van der Waals surface area (Å²) in [5.74, 6) is -2.01. The molecule has 0 saturated heterocycles. The van der Waals surface area contributed by atoms with Crippen molar-refractivity contribution in [2.75, 3.05) is 11.9 Å². The number of amides is 1. The number of ether oxygens (including phenoxy) is 1. The third-order valence-electron chi connectivity index (χ3n) is 3.82. The van der Waals surface area contributed by atoms with Gasteiger partial charge in [-0.15, -0.1) is 0 Å². The normalized spacial score (nSPS) is 17.0. The Balaban J connectivity index is 1.91. The number of esters is 1. The van der Waals surface area contributed by atoms with Crippen molar-refractivity contribution in [2.45, 2.75) is 43.9 Å². The van der Waals surface area contributed by atoms with Gasteiger partial charge in [-0.05, 0) is 31.7 Å². The average molecular weight is 381 g/mol. The zero-order valence-electron chi connectivity index (χ0n) is 13.0. The SMILES string of the molecule is O=C(COC(=O)C1(O)CCCCC1)Nc1ncc(C(F)(F)F)cc1Cl. The summed E-state index contributed by atoms with van der Waals surface area (Å²) in [4.78, 5) is 27.1. The van der Waals surface area contributed by atoms with E-state index < -0.39 is 40.8 Å². The molecule has 1 fully saturated rings. The molecule has 2 N–H and O–H groups in total. The number of carbonyl (C=O) groups is 2. The molecule has 0 spiro atoms. The lowest BCUT2D eigenvalue weighted by Crippen LogP contribution is -2.42. The minimum atomic E-state index is -4.61. The molecule has 1 aromatic heterocycles. The van der Waals surface area contributed by atoms with Gasteiger partial charge in [0.25, 0.3) is 5.91 Å². The summed E-state index contributed by atoms with van der Waals surface area (Å²) >= 11 is 5.66. The van der Waals surface area contributed by atoms with Crippen LogP contribution in [0.2, 0.25) is 5.02 Å². The van der Waals surface area contributed by atoms with E-state index in [-0.39, 0.29) is 18.7 Å². The summed E-state index contributed by atoms with van der Waals surface area (Å²) in [7, 11) is 0. The molecule has 1 amide bonds. The van der Waals surface area contributed by atoms with Gasteiger partial charge in [0, 0.05) is 6.20 Å². The number of hydrogen-bond acceptors (Lipinski definition) is 5. The molecular formula is C15H16ClF3N2O4. The highest BCUT2D eigenvalue weighted by atomic mass is 35.5. The molecule has 0 atom stereocenters. The summed E-state index contributed by atoms with van der Waals surface area (Å²) in [6.45, 7) is -0.708. The van der Waals surface area contributed by atoms with Crippen molar-refractivity contribution >= 4 is 29.3 Å². The predicted molar refractivity (Wildman–Crippen MR) is 81.9 cm³/mol. The standard InChI is InChI=1S/C15H16ClF3N2O4/c16-10-6-9(15(17,18)19)7-20-12(10)21-11(22)8-25-13(23)14(24)4-2-1-3-5-14/h6-7,24H,1-5,8H2,(H,20,21,22). The summed E-state index contributed by atoms with van der Waals surface area (Å²) in [6, 6.07) is 0.626. The van der Waals surface area contributed by atoms with Crippen LogP contribution in [-0.2, 0) is 20.5 Å². The highest BCUT2D eigenvalue weighted by molar-refractivity contribution is 6.33. The first-order valence-corrected chi connectivity index (χ1v) is 7.92. The first kappa shape index (κ1) is 19.5. The maximum absolute atomic E-state index is 12.5. The fourth-order valence-corrected chi connectivity index (χ4v) is 2.67. The number of carbonyl (C=O) groups excluding carboxylic acids is 2. The van der Waals surface area contributed by atoms with Crippen molar-refractivity contribution < 1.29 is 32.6 Å². The Labute approximate surface area is 146 Å². The third kappa shape index (κ3) is 5.05. The van der Waals surface area contributed by atoms with E-state index in [1.54, 1.807) is 0 Å². The summed E-state index contributed by atoms with van der Waals surface area (Å²) < 4.78 is 42.3. The lowest BCUT2D eigenvalue weighted by atomic mass is 9.85. The predicted octanol–water partition coefficient (Wildman–Crippen LogP) is 2.93. The van der Waals surface area contributed by atoms with Gasteiger partial charge in [0.2, 0.25) is 0 Å². The quantitative estimate of drug-likeness (QED) is 0.784. The zero-order valence-corrected chi connectivity index (χ0v) is 13.8. The molecule has 0 aromatic carbocycles. The number of anilines is 1. The van der Waals surface area contributed by atoms with E-state index in [0.717, 1.165) is 6.42 Å². The number of alkyl halides is 3. The van der Waals surface area contributed by atoms with E-state index in [1.165, 1.54) is 0 Å². The Hall–Kier alpha value is -1.87. The smallest absolute Gasteiger partial charge is 0.417 e. The monoisotopic (exact) mass is 380 g/mol. The van der Waals surface area contributed by atoms with Crippen LogP contribution in [-0.4, -0.2) is 34.2 Å².